The fraction of sp³-hybridized carbons (Fsp3) is 0.866. The summed E-state index contributed by atoms with van der Waals surface area (Å²) in [6.45, 7) is 6.67. The van der Waals surface area contributed by atoms with Crippen LogP contribution in [-0.2, 0) is 28.6 Å². The maximum absolute atomic E-state index is 12.9. The van der Waals surface area contributed by atoms with Crippen molar-refractivity contribution in [3.8, 4) is 0 Å². The fourth-order valence-electron chi connectivity index (χ4n) is 9.71. The first kappa shape index (κ1) is 70.6. The average molecular weight is 1030 g/mol. The van der Waals surface area contributed by atoms with Crippen molar-refractivity contribution >= 4 is 17.9 Å². The van der Waals surface area contributed by atoms with Crippen LogP contribution in [0.3, 0.4) is 0 Å². The third-order valence-electron chi connectivity index (χ3n) is 14.6. The van der Waals surface area contributed by atoms with Crippen LogP contribution in [-0.4, -0.2) is 37.2 Å². The van der Waals surface area contributed by atoms with Crippen LogP contribution in [0.25, 0.3) is 0 Å². The van der Waals surface area contributed by atoms with Crippen molar-refractivity contribution in [2.45, 2.75) is 361 Å². The van der Waals surface area contributed by atoms with Gasteiger partial charge in [0.15, 0.2) is 6.10 Å². The minimum absolute atomic E-state index is 0.0706. The van der Waals surface area contributed by atoms with Gasteiger partial charge in [0.05, 0.1) is 0 Å². The zero-order chi connectivity index (χ0) is 52.9. The van der Waals surface area contributed by atoms with Crippen LogP contribution in [0, 0.1) is 0 Å². The molecule has 0 saturated heterocycles. The number of allylic oxidation sites excluding steroid dienone is 6. The Bertz CT molecular complexity index is 1220. The number of hydrogen-bond donors (Lipinski definition) is 0. The molecule has 0 N–H and O–H groups in total. The van der Waals surface area contributed by atoms with Crippen LogP contribution < -0.4 is 0 Å². The van der Waals surface area contributed by atoms with Gasteiger partial charge in [-0.15, -0.1) is 0 Å². The largest absolute Gasteiger partial charge is 0.462 e. The van der Waals surface area contributed by atoms with Gasteiger partial charge < -0.3 is 14.2 Å². The number of hydrogen-bond acceptors (Lipinski definition) is 6. The van der Waals surface area contributed by atoms with Crippen molar-refractivity contribution in [3.05, 3.63) is 36.5 Å². The lowest BCUT2D eigenvalue weighted by molar-refractivity contribution is -0.167. The zero-order valence-electron chi connectivity index (χ0n) is 49.2. The van der Waals surface area contributed by atoms with Crippen LogP contribution in [0.5, 0.6) is 0 Å². The second-order valence-electron chi connectivity index (χ2n) is 22.0. The molecular formula is C67H124O6. The molecule has 0 bridgehead atoms. The van der Waals surface area contributed by atoms with Gasteiger partial charge in [-0.2, -0.15) is 0 Å². The predicted octanol–water partition coefficient (Wildman–Crippen LogP) is 22.0. The summed E-state index contributed by atoms with van der Waals surface area (Å²) in [5, 5.41) is 0. The Morgan fingerprint density at radius 1 is 0.274 bits per heavy atom. The van der Waals surface area contributed by atoms with Crippen molar-refractivity contribution in [1.29, 1.82) is 0 Å². The molecule has 0 aromatic heterocycles. The molecule has 0 aromatic carbocycles. The molecule has 0 amide bonds. The standard InChI is InChI=1S/C67H124O6/c1-4-7-10-13-16-19-22-25-27-29-30-31-32-33-34-35-36-37-38-39-41-42-45-48-51-54-57-60-66(69)72-63-64(62-71-65(68)59-56-53-50-47-44-24-21-18-15-12-9-6-3)73-67(70)61-58-55-52-49-46-43-40-28-26-23-20-17-14-11-8-5-2/h22,25,28-30,40,64H,4-21,23-24,26-27,31-39,41-63H2,1-3H3/b25-22-,30-29-,40-28-. The molecule has 6 heteroatoms. The Hall–Kier alpha value is -2.37. The SMILES string of the molecule is CCCCCCC/C=C\C/C=C\CCCCCCCCCCCCCCCCCC(=O)OCC(COC(=O)CCCCCCCCCCCCCC)OC(=O)CCCCCCC/C=C\CCCCCCCCC. The first-order valence-electron chi connectivity index (χ1n) is 32.5. The molecule has 0 fully saturated rings. The van der Waals surface area contributed by atoms with E-state index in [4.69, 9.17) is 14.2 Å². The second-order valence-corrected chi connectivity index (χ2v) is 22.0. The van der Waals surface area contributed by atoms with Crippen molar-refractivity contribution in [2.75, 3.05) is 13.2 Å². The molecule has 1 atom stereocenters. The second kappa shape index (κ2) is 62.2. The number of carbonyl (C=O) groups is 3. The molecule has 0 aliphatic carbocycles. The van der Waals surface area contributed by atoms with Gasteiger partial charge in [0, 0.05) is 19.3 Å². The molecule has 0 radical (unpaired) electrons. The lowest BCUT2D eigenvalue weighted by atomic mass is 10.0. The Morgan fingerprint density at radius 2 is 0.493 bits per heavy atom. The minimum Gasteiger partial charge on any atom is -0.462 e. The van der Waals surface area contributed by atoms with E-state index in [2.05, 4.69) is 57.2 Å². The van der Waals surface area contributed by atoms with E-state index in [1.54, 1.807) is 0 Å². The van der Waals surface area contributed by atoms with Crippen LogP contribution >= 0.6 is 0 Å². The van der Waals surface area contributed by atoms with Gasteiger partial charge in [-0.05, 0) is 77.0 Å². The summed E-state index contributed by atoms with van der Waals surface area (Å²) in [6.07, 6.45) is 75.9. The molecule has 0 heterocycles. The van der Waals surface area contributed by atoms with E-state index in [0.717, 1.165) is 70.6 Å². The highest BCUT2D eigenvalue weighted by molar-refractivity contribution is 5.71. The lowest BCUT2D eigenvalue weighted by Crippen LogP contribution is -2.30. The van der Waals surface area contributed by atoms with Gasteiger partial charge in [0.2, 0.25) is 0 Å². The number of esters is 3. The zero-order valence-corrected chi connectivity index (χ0v) is 49.2. The van der Waals surface area contributed by atoms with E-state index >= 15 is 0 Å². The van der Waals surface area contributed by atoms with Crippen molar-refractivity contribution in [1.82, 2.24) is 0 Å². The third kappa shape index (κ3) is 60.4. The molecule has 0 aliphatic heterocycles. The van der Waals surface area contributed by atoms with Crippen LogP contribution in [0.2, 0.25) is 0 Å². The molecule has 0 saturated carbocycles. The van der Waals surface area contributed by atoms with Crippen LogP contribution in [0.15, 0.2) is 36.5 Å². The van der Waals surface area contributed by atoms with E-state index in [1.807, 2.05) is 0 Å². The summed E-state index contributed by atoms with van der Waals surface area (Å²) >= 11 is 0. The van der Waals surface area contributed by atoms with E-state index in [0.29, 0.717) is 19.3 Å². The average Bonchev–Trinajstić information content (AvgIpc) is 3.39. The number of carbonyl (C=O) groups excluding carboxylic acids is 3. The van der Waals surface area contributed by atoms with Crippen molar-refractivity contribution < 1.29 is 28.6 Å². The molecule has 6 nitrogen and oxygen atoms in total. The van der Waals surface area contributed by atoms with E-state index < -0.39 is 6.10 Å². The summed E-state index contributed by atoms with van der Waals surface area (Å²) in [6, 6.07) is 0. The Morgan fingerprint density at radius 3 is 0.767 bits per heavy atom. The van der Waals surface area contributed by atoms with E-state index in [1.165, 1.54) is 244 Å². The van der Waals surface area contributed by atoms with Gasteiger partial charge >= 0.3 is 17.9 Å². The highest BCUT2D eigenvalue weighted by atomic mass is 16.6. The number of unbranched alkanes of at least 4 members (excludes halogenated alkanes) is 43. The van der Waals surface area contributed by atoms with Gasteiger partial charge in [-0.25, -0.2) is 0 Å². The Labute approximate surface area is 455 Å². The fourth-order valence-corrected chi connectivity index (χ4v) is 9.71. The van der Waals surface area contributed by atoms with Crippen LogP contribution in [0.4, 0.5) is 0 Å². The third-order valence-corrected chi connectivity index (χ3v) is 14.6. The molecule has 428 valence electrons. The number of ether oxygens (including phenoxy) is 3. The quantitative estimate of drug-likeness (QED) is 0.0261. The molecular weight excluding hydrogens is 901 g/mol. The molecule has 0 spiro atoms. The summed E-state index contributed by atoms with van der Waals surface area (Å²) in [5.41, 5.74) is 0. The molecule has 0 aliphatic rings. The first-order valence-corrected chi connectivity index (χ1v) is 32.5. The summed E-state index contributed by atoms with van der Waals surface area (Å²) in [5.74, 6) is -0.857. The normalized spacial score (nSPS) is 12.2. The van der Waals surface area contributed by atoms with Gasteiger partial charge in [0.25, 0.3) is 0 Å². The van der Waals surface area contributed by atoms with Crippen molar-refractivity contribution in [3.63, 3.8) is 0 Å². The van der Waals surface area contributed by atoms with Gasteiger partial charge in [-0.1, -0.05) is 295 Å². The summed E-state index contributed by atoms with van der Waals surface area (Å²) in [4.78, 5) is 38.2. The first-order chi connectivity index (χ1) is 36.0. The Kier molecular flexibility index (Phi) is 60.2. The highest BCUT2D eigenvalue weighted by Crippen LogP contribution is 2.17. The molecule has 73 heavy (non-hydrogen) atoms. The molecule has 0 rings (SSSR count). The topological polar surface area (TPSA) is 78.9 Å². The lowest BCUT2D eigenvalue weighted by Gasteiger charge is -2.18. The minimum atomic E-state index is -0.773. The predicted molar refractivity (Wildman–Crippen MR) is 316 cm³/mol. The van der Waals surface area contributed by atoms with E-state index in [-0.39, 0.29) is 31.1 Å². The molecule has 0 aromatic rings. The van der Waals surface area contributed by atoms with Gasteiger partial charge in [0.1, 0.15) is 13.2 Å². The van der Waals surface area contributed by atoms with Crippen LogP contribution in [0.1, 0.15) is 355 Å². The number of rotatable bonds is 60. The maximum atomic E-state index is 12.9. The van der Waals surface area contributed by atoms with E-state index in [9.17, 15) is 14.4 Å². The smallest absolute Gasteiger partial charge is 0.306 e. The summed E-state index contributed by atoms with van der Waals surface area (Å²) in [7, 11) is 0. The molecule has 1 unspecified atom stereocenters. The highest BCUT2D eigenvalue weighted by Gasteiger charge is 2.19. The summed E-state index contributed by atoms with van der Waals surface area (Å²) < 4.78 is 16.9. The maximum Gasteiger partial charge on any atom is 0.306 e. The Balaban J connectivity index is 4.20. The monoisotopic (exact) mass is 1020 g/mol. The van der Waals surface area contributed by atoms with Gasteiger partial charge in [-0.3, -0.25) is 14.4 Å². The van der Waals surface area contributed by atoms with Crippen molar-refractivity contribution in [2.24, 2.45) is 0 Å².